The molecule has 1 atom stereocenters. The Morgan fingerprint density at radius 2 is 1.96 bits per heavy atom. The minimum atomic E-state index is -0.324. The molecule has 0 bridgehead atoms. The second-order valence-electron chi connectivity index (χ2n) is 6.42. The lowest BCUT2D eigenvalue weighted by Gasteiger charge is -2.39. The summed E-state index contributed by atoms with van der Waals surface area (Å²) in [5.41, 5.74) is 1.80. The van der Waals surface area contributed by atoms with Gasteiger partial charge >= 0.3 is 0 Å². The van der Waals surface area contributed by atoms with Crippen molar-refractivity contribution < 1.29 is 14.0 Å². The number of benzene rings is 1. The fourth-order valence-electron chi connectivity index (χ4n) is 3.12. The van der Waals surface area contributed by atoms with Gasteiger partial charge in [0.2, 0.25) is 5.91 Å². The molecule has 0 aliphatic carbocycles. The zero-order chi connectivity index (χ0) is 18.8. The topological polar surface area (TPSA) is 58.4 Å². The first-order valence-corrected chi connectivity index (χ1v) is 8.45. The molecular formula is C19H21FN4O2. The van der Waals surface area contributed by atoms with E-state index in [1.165, 1.54) is 18.2 Å². The van der Waals surface area contributed by atoms with Crippen LogP contribution in [0.15, 0.2) is 43.1 Å². The van der Waals surface area contributed by atoms with Crippen LogP contribution in [0.25, 0.3) is 5.69 Å². The average molecular weight is 356 g/mol. The molecule has 0 radical (unpaired) electrons. The fourth-order valence-corrected chi connectivity index (χ4v) is 3.12. The van der Waals surface area contributed by atoms with Crippen LogP contribution in [-0.2, 0) is 4.79 Å². The van der Waals surface area contributed by atoms with Crippen LogP contribution >= 0.6 is 0 Å². The number of hydrogen-bond donors (Lipinski definition) is 0. The number of hydrogen-bond acceptors (Lipinski definition) is 3. The van der Waals surface area contributed by atoms with Crippen LogP contribution in [-0.4, -0.2) is 57.1 Å². The largest absolute Gasteiger partial charge is 0.335 e. The molecule has 1 aromatic carbocycles. The minimum absolute atomic E-state index is 0.115. The van der Waals surface area contributed by atoms with Crippen molar-refractivity contribution in [2.75, 3.05) is 19.6 Å². The number of nitrogens with zero attached hydrogens (tertiary/aromatic N) is 4. The van der Waals surface area contributed by atoms with Gasteiger partial charge in [0.25, 0.3) is 5.91 Å². The molecule has 136 valence electrons. The van der Waals surface area contributed by atoms with E-state index in [0.717, 1.165) is 5.56 Å². The van der Waals surface area contributed by atoms with E-state index in [1.54, 1.807) is 32.8 Å². The quantitative estimate of drug-likeness (QED) is 0.792. The van der Waals surface area contributed by atoms with E-state index in [9.17, 15) is 14.0 Å². The number of rotatable bonds is 3. The summed E-state index contributed by atoms with van der Waals surface area (Å²) in [6, 6.07) is 5.81. The molecule has 2 amide bonds. The fraction of sp³-hybridized carbons (Fsp3) is 0.316. The number of carbonyl (C=O) groups excluding carboxylic acids is 2. The highest BCUT2D eigenvalue weighted by Crippen LogP contribution is 2.18. The summed E-state index contributed by atoms with van der Waals surface area (Å²) in [6.45, 7) is 8.62. The highest BCUT2D eigenvalue weighted by molar-refractivity contribution is 5.94. The average Bonchev–Trinajstić information content (AvgIpc) is 3.02. The lowest BCUT2D eigenvalue weighted by Crippen LogP contribution is -2.55. The molecule has 0 saturated carbocycles. The first-order valence-electron chi connectivity index (χ1n) is 8.45. The minimum Gasteiger partial charge on any atom is -0.335 e. The van der Waals surface area contributed by atoms with Crippen LogP contribution in [0, 0.1) is 12.7 Å². The zero-order valence-electron chi connectivity index (χ0n) is 14.9. The van der Waals surface area contributed by atoms with Crippen molar-refractivity contribution in [1.82, 2.24) is 19.6 Å². The standard InChI is InChI=1S/C19H21FN4O2/c1-4-17(25)22-9-10-23(14(3)12-22)19(26)18-13(2)11-24(21-18)16-7-5-15(20)6-8-16/h4-8,11,14H,1,9-10,12H2,2-3H3/t14-/m0/s1. The summed E-state index contributed by atoms with van der Waals surface area (Å²) in [5, 5.41) is 4.40. The number of halogens is 1. The molecule has 1 saturated heterocycles. The highest BCUT2D eigenvalue weighted by Gasteiger charge is 2.31. The zero-order valence-corrected chi connectivity index (χ0v) is 14.9. The van der Waals surface area contributed by atoms with E-state index < -0.39 is 0 Å². The van der Waals surface area contributed by atoms with E-state index in [4.69, 9.17) is 0 Å². The molecule has 1 aromatic heterocycles. The molecule has 1 fully saturated rings. The predicted molar refractivity (Wildman–Crippen MR) is 95.5 cm³/mol. The molecule has 2 aromatic rings. The van der Waals surface area contributed by atoms with E-state index in [2.05, 4.69) is 11.7 Å². The Morgan fingerprint density at radius 3 is 2.58 bits per heavy atom. The van der Waals surface area contributed by atoms with Gasteiger partial charge in [-0.15, -0.1) is 0 Å². The molecule has 1 aliphatic rings. The second kappa shape index (κ2) is 7.11. The Labute approximate surface area is 151 Å². The van der Waals surface area contributed by atoms with Gasteiger partial charge in [-0.2, -0.15) is 5.10 Å². The Kier molecular flexibility index (Phi) is 4.88. The van der Waals surface area contributed by atoms with Crippen LogP contribution in [0.3, 0.4) is 0 Å². The smallest absolute Gasteiger partial charge is 0.275 e. The number of aryl methyl sites for hydroxylation is 1. The first-order chi connectivity index (χ1) is 12.4. The predicted octanol–water partition coefficient (Wildman–Crippen LogP) is 2.18. The van der Waals surface area contributed by atoms with Gasteiger partial charge in [-0.05, 0) is 44.2 Å². The van der Waals surface area contributed by atoms with E-state index in [0.29, 0.717) is 31.0 Å². The summed E-state index contributed by atoms with van der Waals surface area (Å²) >= 11 is 0. The van der Waals surface area contributed by atoms with Crippen LogP contribution in [0.5, 0.6) is 0 Å². The van der Waals surface area contributed by atoms with Gasteiger partial charge < -0.3 is 9.80 Å². The van der Waals surface area contributed by atoms with Crippen molar-refractivity contribution in [3.8, 4) is 5.69 Å². The van der Waals surface area contributed by atoms with Gasteiger partial charge in [0, 0.05) is 37.4 Å². The molecule has 2 heterocycles. The normalized spacial score (nSPS) is 17.3. The summed E-state index contributed by atoms with van der Waals surface area (Å²) in [6.07, 6.45) is 3.04. The molecule has 3 rings (SSSR count). The van der Waals surface area contributed by atoms with Crippen LogP contribution in [0.4, 0.5) is 4.39 Å². The van der Waals surface area contributed by atoms with Gasteiger partial charge in [0.05, 0.1) is 5.69 Å². The second-order valence-corrected chi connectivity index (χ2v) is 6.42. The van der Waals surface area contributed by atoms with Gasteiger partial charge in [-0.1, -0.05) is 6.58 Å². The van der Waals surface area contributed by atoms with Crippen molar-refractivity contribution in [2.24, 2.45) is 0 Å². The Hall–Kier alpha value is -2.96. The van der Waals surface area contributed by atoms with E-state index >= 15 is 0 Å². The Bertz CT molecular complexity index is 844. The number of carbonyl (C=O) groups is 2. The number of aromatic nitrogens is 2. The summed E-state index contributed by atoms with van der Waals surface area (Å²) < 4.78 is 14.7. The van der Waals surface area contributed by atoms with Crippen LogP contribution in [0.2, 0.25) is 0 Å². The van der Waals surface area contributed by atoms with E-state index in [1.807, 2.05) is 13.8 Å². The Morgan fingerprint density at radius 1 is 1.27 bits per heavy atom. The lowest BCUT2D eigenvalue weighted by atomic mass is 10.1. The monoisotopic (exact) mass is 356 g/mol. The van der Waals surface area contributed by atoms with Crippen LogP contribution < -0.4 is 0 Å². The summed E-state index contributed by atoms with van der Waals surface area (Å²) in [5.74, 6) is -0.614. The molecule has 0 unspecified atom stereocenters. The molecular weight excluding hydrogens is 335 g/mol. The van der Waals surface area contributed by atoms with E-state index in [-0.39, 0.29) is 23.7 Å². The van der Waals surface area contributed by atoms with Crippen molar-refractivity contribution in [2.45, 2.75) is 19.9 Å². The molecule has 6 nitrogen and oxygen atoms in total. The third-order valence-corrected chi connectivity index (χ3v) is 4.57. The maximum absolute atomic E-state index is 13.1. The van der Waals surface area contributed by atoms with Crippen molar-refractivity contribution >= 4 is 11.8 Å². The third kappa shape index (κ3) is 3.37. The van der Waals surface area contributed by atoms with Gasteiger partial charge in [0.15, 0.2) is 5.69 Å². The lowest BCUT2D eigenvalue weighted by molar-refractivity contribution is -0.128. The van der Waals surface area contributed by atoms with Gasteiger partial charge in [-0.25, -0.2) is 9.07 Å². The molecule has 7 heteroatoms. The summed E-state index contributed by atoms with van der Waals surface area (Å²) in [7, 11) is 0. The highest BCUT2D eigenvalue weighted by atomic mass is 19.1. The van der Waals surface area contributed by atoms with Crippen molar-refractivity contribution in [3.05, 3.63) is 60.2 Å². The van der Waals surface area contributed by atoms with Gasteiger partial charge in [0.1, 0.15) is 5.82 Å². The molecule has 26 heavy (non-hydrogen) atoms. The maximum atomic E-state index is 13.1. The Balaban J connectivity index is 1.79. The SMILES string of the molecule is C=CC(=O)N1CCN(C(=O)c2nn(-c3ccc(F)cc3)cc2C)[C@@H](C)C1. The summed E-state index contributed by atoms with van der Waals surface area (Å²) in [4.78, 5) is 28.1. The van der Waals surface area contributed by atoms with Gasteiger partial charge in [-0.3, -0.25) is 9.59 Å². The van der Waals surface area contributed by atoms with Crippen molar-refractivity contribution in [3.63, 3.8) is 0 Å². The number of piperazine rings is 1. The number of amides is 2. The molecule has 0 N–H and O–H groups in total. The van der Waals surface area contributed by atoms with Crippen molar-refractivity contribution in [1.29, 1.82) is 0 Å². The first kappa shape index (κ1) is 17.8. The maximum Gasteiger partial charge on any atom is 0.275 e. The molecule has 0 spiro atoms. The third-order valence-electron chi connectivity index (χ3n) is 4.57. The molecule has 1 aliphatic heterocycles. The van der Waals surface area contributed by atoms with Crippen LogP contribution in [0.1, 0.15) is 23.0 Å².